The first-order valence-electron chi connectivity index (χ1n) is 8.23. The standard InChI is InChI=1S/C21H15ClN2O3/c1-26-18-12-6-8-14(19(18)25)20-23-16-10-4-2-7-13(16)21(24-20)27-17-11-5-3-9-15(17)22/h2-12,25H,1H3. The van der Waals surface area contributed by atoms with Crippen LogP contribution in [0, 0.1) is 0 Å². The lowest BCUT2D eigenvalue weighted by atomic mass is 10.1. The molecule has 0 spiro atoms. The fourth-order valence-corrected chi connectivity index (χ4v) is 2.92. The van der Waals surface area contributed by atoms with Crippen molar-refractivity contribution in [3.05, 3.63) is 71.8 Å². The number of aromatic nitrogens is 2. The molecule has 0 unspecified atom stereocenters. The van der Waals surface area contributed by atoms with Gasteiger partial charge in [0.1, 0.15) is 5.75 Å². The molecular formula is C21H15ClN2O3. The monoisotopic (exact) mass is 378 g/mol. The van der Waals surface area contributed by atoms with Crippen molar-refractivity contribution in [3.63, 3.8) is 0 Å². The molecule has 0 aliphatic heterocycles. The third-order valence-electron chi connectivity index (χ3n) is 4.07. The van der Waals surface area contributed by atoms with Gasteiger partial charge >= 0.3 is 0 Å². The molecule has 0 saturated carbocycles. The Bertz CT molecular complexity index is 1130. The smallest absolute Gasteiger partial charge is 0.230 e. The molecule has 1 N–H and O–H groups in total. The Kier molecular flexibility index (Phi) is 4.52. The largest absolute Gasteiger partial charge is 0.504 e. The van der Waals surface area contributed by atoms with Gasteiger partial charge in [0.15, 0.2) is 17.3 Å². The number of phenols is 1. The number of fused-ring (bicyclic) bond motifs is 1. The normalized spacial score (nSPS) is 10.7. The molecule has 4 rings (SSSR count). The average molecular weight is 379 g/mol. The summed E-state index contributed by atoms with van der Waals surface area (Å²) in [6.07, 6.45) is 0. The zero-order valence-electron chi connectivity index (χ0n) is 14.4. The maximum absolute atomic E-state index is 10.5. The molecule has 27 heavy (non-hydrogen) atoms. The molecule has 3 aromatic carbocycles. The van der Waals surface area contributed by atoms with Gasteiger partial charge in [-0.25, -0.2) is 4.98 Å². The molecule has 1 heterocycles. The highest BCUT2D eigenvalue weighted by Gasteiger charge is 2.16. The van der Waals surface area contributed by atoms with Crippen molar-refractivity contribution in [3.8, 4) is 34.5 Å². The number of aromatic hydroxyl groups is 1. The van der Waals surface area contributed by atoms with Gasteiger partial charge in [0.05, 0.1) is 28.6 Å². The molecule has 1 aromatic heterocycles. The fourth-order valence-electron chi connectivity index (χ4n) is 2.74. The predicted octanol–water partition coefficient (Wildman–Crippen LogP) is 5.46. The van der Waals surface area contributed by atoms with Crippen LogP contribution in [0.25, 0.3) is 22.3 Å². The summed E-state index contributed by atoms with van der Waals surface area (Å²) in [5.41, 5.74) is 1.14. The van der Waals surface area contributed by atoms with Gasteiger partial charge in [-0.3, -0.25) is 0 Å². The average Bonchev–Trinajstić information content (AvgIpc) is 2.70. The number of halogens is 1. The molecule has 5 nitrogen and oxygen atoms in total. The van der Waals surface area contributed by atoms with E-state index in [0.717, 1.165) is 5.39 Å². The van der Waals surface area contributed by atoms with Crippen LogP contribution in [0.5, 0.6) is 23.1 Å². The number of hydrogen-bond donors (Lipinski definition) is 1. The molecule has 0 saturated heterocycles. The lowest BCUT2D eigenvalue weighted by Crippen LogP contribution is -1.97. The first-order valence-corrected chi connectivity index (χ1v) is 8.60. The molecule has 0 radical (unpaired) electrons. The second-order valence-corrected chi connectivity index (χ2v) is 6.17. The lowest BCUT2D eigenvalue weighted by Gasteiger charge is -2.12. The summed E-state index contributed by atoms with van der Waals surface area (Å²) in [5.74, 6) is 1.48. The molecular weight excluding hydrogens is 364 g/mol. The van der Waals surface area contributed by atoms with Crippen molar-refractivity contribution in [2.45, 2.75) is 0 Å². The number of nitrogens with zero attached hydrogens (tertiary/aromatic N) is 2. The van der Waals surface area contributed by atoms with Crippen LogP contribution >= 0.6 is 11.6 Å². The molecule has 0 amide bonds. The highest BCUT2D eigenvalue weighted by Crippen LogP contribution is 2.38. The summed E-state index contributed by atoms with van der Waals surface area (Å²) < 4.78 is 11.2. The number of para-hydroxylation sites is 3. The maximum atomic E-state index is 10.5. The fraction of sp³-hybridized carbons (Fsp3) is 0.0476. The van der Waals surface area contributed by atoms with Gasteiger partial charge in [-0.15, -0.1) is 0 Å². The van der Waals surface area contributed by atoms with Crippen molar-refractivity contribution in [1.82, 2.24) is 9.97 Å². The van der Waals surface area contributed by atoms with Crippen molar-refractivity contribution < 1.29 is 14.6 Å². The van der Waals surface area contributed by atoms with Gasteiger partial charge < -0.3 is 14.6 Å². The minimum Gasteiger partial charge on any atom is -0.504 e. The Labute approximate surface area is 160 Å². The summed E-state index contributed by atoms with van der Waals surface area (Å²) in [5, 5.41) is 11.7. The molecule has 0 aliphatic carbocycles. The van der Waals surface area contributed by atoms with E-state index in [9.17, 15) is 5.11 Å². The first-order chi connectivity index (χ1) is 13.2. The van der Waals surface area contributed by atoms with E-state index in [0.29, 0.717) is 39.3 Å². The van der Waals surface area contributed by atoms with Crippen LogP contribution in [-0.4, -0.2) is 22.2 Å². The maximum Gasteiger partial charge on any atom is 0.230 e. The molecule has 0 fully saturated rings. The van der Waals surface area contributed by atoms with Crippen LogP contribution in [0.1, 0.15) is 0 Å². The van der Waals surface area contributed by atoms with E-state index in [1.165, 1.54) is 7.11 Å². The summed E-state index contributed by atoms with van der Waals surface area (Å²) in [6.45, 7) is 0. The van der Waals surface area contributed by atoms with Gasteiger partial charge in [0.2, 0.25) is 5.88 Å². The van der Waals surface area contributed by atoms with Crippen LogP contribution in [0.2, 0.25) is 5.02 Å². The van der Waals surface area contributed by atoms with E-state index in [1.54, 1.807) is 30.3 Å². The van der Waals surface area contributed by atoms with E-state index in [2.05, 4.69) is 9.97 Å². The predicted molar refractivity (Wildman–Crippen MR) is 105 cm³/mol. The van der Waals surface area contributed by atoms with Crippen molar-refractivity contribution >= 4 is 22.5 Å². The molecule has 0 bridgehead atoms. The minimum atomic E-state index is -0.0287. The van der Waals surface area contributed by atoms with Gasteiger partial charge in [-0.1, -0.05) is 41.9 Å². The quantitative estimate of drug-likeness (QED) is 0.511. The summed E-state index contributed by atoms with van der Waals surface area (Å²) in [6, 6.07) is 19.8. The summed E-state index contributed by atoms with van der Waals surface area (Å²) in [7, 11) is 1.49. The molecule has 0 aliphatic rings. The van der Waals surface area contributed by atoms with Crippen LogP contribution in [0.3, 0.4) is 0 Å². The molecule has 4 aromatic rings. The van der Waals surface area contributed by atoms with Crippen molar-refractivity contribution in [1.29, 1.82) is 0 Å². The van der Waals surface area contributed by atoms with Crippen LogP contribution in [0.15, 0.2) is 66.7 Å². The minimum absolute atomic E-state index is 0.0287. The van der Waals surface area contributed by atoms with E-state index >= 15 is 0 Å². The zero-order chi connectivity index (χ0) is 18.8. The number of phenolic OH excluding ortho intramolecular Hbond substituents is 1. The Morgan fingerprint density at radius 1 is 0.852 bits per heavy atom. The lowest BCUT2D eigenvalue weighted by molar-refractivity contribution is 0.374. The molecule has 6 heteroatoms. The van der Waals surface area contributed by atoms with Crippen LogP contribution < -0.4 is 9.47 Å². The molecule has 134 valence electrons. The Hall–Kier alpha value is -3.31. The number of methoxy groups -OCH3 is 1. The SMILES string of the molecule is COc1cccc(-c2nc(Oc3ccccc3Cl)c3ccccc3n2)c1O. The first kappa shape index (κ1) is 17.1. The zero-order valence-corrected chi connectivity index (χ0v) is 15.1. The topological polar surface area (TPSA) is 64.5 Å². The van der Waals surface area contributed by atoms with Gasteiger partial charge in [-0.05, 0) is 36.4 Å². The van der Waals surface area contributed by atoms with Gasteiger partial charge in [-0.2, -0.15) is 4.98 Å². The summed E-state index contributed by atoms with van der Waals surface area (Å²) >= 11 is 6.22. The summed E-state index contributed by atoms with van der Waals surface area (Å²) in [4.78, 5) is 9.10. The van der Waals surface area contributed by atoms with Gasteiger partial charge in [0, 0.05) is 0 Å². The van der Waals surface area contributed by atoms with E-state index in [4.69, 9.17) is 21.1 Å². The second-order valence-electron chi connectivity index (χ2n) is 5.76. The van der Waals surface area contributed by atoms with Crippen LogP contribution in [-0.2, 0) is 0 Å². The molecule has 0 atom stereocenters. The highest BCUT2D eigenvalue weighted by atomic mass is 35.5. The highest BCUT2D eigenvalue weighted by molar-refractivity contribution is 6.32. The van der Waals surface area contributed by atoms with Gasteiger partial charge in [0.25, 0.3) is 0 Å². The Morgan fingerprint density at radius 2 is 1.59 bits per heavy atom. The number of benzene rings is 3. The van der Waals surface area contributed by atoms with E-state index < -0.39 is 0 Å². The number of hydrogen-bond acceptors (Lipinski definition) is 5. The Morgan fingerprint density at radius 3 is 2.41 bits per heavy atom. The second kappa shape index (κ2) is 7.13. The van der Waals surface area contributed by atoms with E-state index in [1.807, 2.05) is 36.4 Å². The van der Waals surface area contributed by atoms with E-state index in [-0.39, 0.29) is 5.75 Å². The number of rotatable bonds is 4. The van der Waals surface area contributed by atoms with Crippen LogP contribution in [0.4, 0.5) is 0 Å². The van der Waals surface area contributed by atoms with Crippen molar-refractivity contribution in [2.75, 3.05) is 7.11 Å². The third kappa shape index (κ3) is 3.25. The Balaban J connectivity index is 1.90. The van der Waals surface area contributed by atoms with Crippen molar-refractivity contribution in [2.24, 2.45) is 0 Å². The number of ether oxygens (including phenoxy) is 2. The third-order valence-corrected chi connectivity index (χ3v) is 4.38.